The molecule has 0 radical (unpaired) electrons. The third kappa shape index (κ3) is 4.48. The van der Waals surface area contributed by atoms with Gasteiger partial charge in [0.05, 0.1) is 5.56 Å². The van der Waals surface area contributed by atoms with Crippen LogP contribution in [0.15, 0.2) is 24.3 Å². The van der Waals surface area contributed by atoms with Crippen LogP contribution in [0.25, 0.3) is 0 Å². The number of amides is 1. The molecule has 0 aliphatic carbocycles. The minimum absolute atomic E-state index is 0.165. The molecule has 0 aromatic heterocycles. The van der Waals surface area contributed by atoms with Crippen molar-refractivity contribution in [3.05, 3.63) is 29.8 Å². The molecule has 0 N–H and O–H groups in total. The summed E-state index contributed by atoms with van der Waals surface area (Å²) in [6.45, 7) is 3.41. The second-order valence-corrected chi connectivity index (χ2v) is 5.99. The molecular formula is C18H22N2O4. The summed E-state index contributed by atoms with van der Waals surface area (Å²) < 4.78 is 10.3. The highest BCUT2D eigenvalue weighted by Gasteiger charge is 2.29. The number of nitrogens with zero attached hydrogens (tertiary/aromatic N) is 2. The number of benzene rings is 1. The SMILES string of the molecule is CC1CCCC(C)N1C(=O)COC(=O)COc1ccccc1C#N. The fraction of sp³-hybridized carbons (Fsp3) is 0.500. The van der Waals surface area contributed by atoms with Gasteiger partial charge in [-0.05, 0) is 45.2 Å². The average Bonchev–Trinajstić information content (AvgIpc) is 2.58. The standard InChI is InChI=1S/C18H22N2O4/c1-13-6-5-7-14(2)20(13)17(21)11-24-18(22)12-23-16-9-4-3-8-15(16)10-19/h3-4,8-9,13-14H,5-7,11-12H2,1-2H3. The highest BCUT2D eigenvalue weighted by Crippen LogP contribution is 2.22. The van der Waals surface area contributed by atoms with E-state index in [0.29, 0.717) is 11.3 Å². The molecule has 2 unspecified atom stereocenters. The Bertz CT molecular complexity index is 628. The zero-order valence-corrected chi connectivity index (χ0v) is 14.0. The van der Waals surface area contributed by atoms with Crippen LogP contribution in [0.2, 0.25) is 0 Å². The lowest BCUT2D eigenvalue weighted by Crippen LogP contribution is -2.49. The van der Waals surface area contributed by atoms with Gasteiger partial charge in [-0.1, -0.05) is 12.1 Å². The Hall–Kier alpha value is -2.55. The quantitative estimate of drug-likeness (QED) is 0.774. The third-order valence-electron chi connectivity index (χ3n) is 4.19. The summed E-state index contributed by atoms with van der Waals surface area (Å²) in [5, 5.41) is 8.96. The molecule has 0 spiro atoms. The predicted molar refractivity (Wildman–Crippen MR) is 87.2 cm³/mol. The first-order chi connectivity index (χ1) is 11.5. The summed E-state index contributed by atoms with van der Waals surface area (Å²) in [4.78, 5) is 25.8. The number of para-hydroxylation sites is 1. The van der Waals surface area contributed by atoms with Crippen LogP contribution in [0.4, 0.5) is 0 Å². The molecule has 1 aromatic rings. The number of likely N-dealkylation sites (tertiary alicyclic amines) is 1. The first kappa shape index (κ1) is 17.8. The predicted octanol–water partition coefficient (Wildman–Crippen LogP) is 2.27. The van der Waals surface area contributed by atoms with Gasteiger partial charge >= 0.3 is 5.97 Å². The highest BCUT2D eigenvalue weighted by atomic mass is 16.6. The Morgan fingerprint density at radius 3 is 2.54 bits per heavy atom. The van der Waals surface area contributed by atoms with Crippen molar-refractivity contribution in [3.8, 4) is 11.8 Å². The molecule has 2 atom stereocenters. The van der Waals surface area contributed by atoms with Crippen LogP contribution in [0.1, 0.15) is 38.7 Å². The summed E-state index contributed by atoms with van der Waals surface area (Å²) in [7, 11) is 0. The lowest BCUT2D eigenvalue weighted by atomic mass is 9.97. The monoisotopic (exact) mass is 330 g/mol. The van der Waals surface area contributed by atoms with Gasteiger partial charge in [0.25, 0.3) is 5.91 Å². The van der Waals surface area contributed by atoms with E-state index in [2.05, 4.69) is 0 Å². The molecule has 1 fully saturated rings. The molecule has 6 nitrogen and oxygen atoms in total. The average molecular weight is 330 g/mol. The van der Waals surface area contributed by atoms with Gasteiger partial charge in [-0.25, -0.2) is 4.79 Å². The van der Waals surface area contributed by atoms with E-state index in [4.69, 9.17) is 14.7 Å². The normalized spacial score (nSPS) is 20.1. The second kappa shape index (κ2) is 8.34. The van der Waals surface area contributed by atoms with Crippen molar-refractivity contribution in [2.45, 2.75) is 45.2 Å². The highest BCUT2D eigenvalue weighted by molar-refractivity contribution is 5.81. The topological polar surface area (TPSA) is 79.6 Å². The van der Waals surface area contributed by atoms with Crippen molar-refractivity contribution in [3.63, 3.8) is 0 Å². The van der Waals surface area contributed by atoms with Gasteiger partial charge in [0.2, 0.25) is 0 Å². The molecular weight excluding hydrogens is 308 g/mol. The molecule has 0 saturated carbocycles. The fourth-order valence-corrected chi connectivity index (χ4v) is 2.99. The van der Waals surface area contributed by atoms with Crippen LogP contribution in [0, 0.1) is 11.3 Å². The van der Waals surface area contributed by atoms with Crippen molar-refractivity contribution in [1.82, 2.24) is 4.90 Å². The molecule has 2 rings (SSSR count). The molecule has 0 bridgehead atoms. The number of carbonyl (C=O) groups is 2. The van der Waals surface area contributed by atoms with E-state index in [1.165, 1.54) is 0 Å². The van der Waals surface area contributed by atoms with E-state index in [9.17, 15) is 9.59 Å². The summed E-state index contributed by atoms with van der Waals surface area (Å²) >= 11 is 0. The van der Waals surface area contributed by atoms with Crippen LogP contribution in [0.3, 0.4) is 0 Å². The first-order valence-corrected chi connectivity index (χ1v) is 8.11. The van der Waals surface area contributed by atoms with Crippen molar-refractivity contribution < 1.29 is 19.1 Å². The smallest absolute Gasteiger partial charge is 0.344 e. The Labute approximate surface area is 142 Å². The van der Waals surface area contributed by atoms with E-state index in [1.54, 1.807) is 29.2 Å². The van der Waals surface area contributed by atoms with Crippen molar-refractivity contribution in [1.29, 1.82) is 5.26 Å². The summed E-state index contributed by atoms with van der Waals surface area (Å²) in [6, 6.07) is 8.95. The van der Waals surface area contributed by atoms with Crippen LogP contribution in [-0.4, -0.2) is 42.1 Å². The minimum Gasteiger partial charge on any atom is -0.481 e. The maximum atomic E-state index is 12.3. The van der Waals surface area contributed by atoms with E-state index < -0.39 is 5.97 Å². The summed E-state index contributed by atoms with van der Waals surface area (Å²) in [5.41, 5.74) is 0.345. The van der Waals surface area contributed by atoms with Gasteiger partial charge < -0.3 is 14.4 Å². The van der Waals surface area contributed by atoms with E-state index in [0.717, 1.165) is 19.3 Å². The van der Waals surface area contributed by atoms with Crippen molar-refractivity contribution >= 4 is 11.9 Å². The molecule has 1 aromatic carbocycles. The zero-order chi connectivity index (χ0) is 17.5. The van der Waals surface area contributed by atoms with Crippen LogP contribution < -0.4 is 4.74 Å². The Morgan fingerprint density at radius 1 is 1.21 bits per heavy atom. The number of esters is 1. The lowest BCUT2D eigenvalue weighted by molar-refractivity contribution is -0.156. The van der Waals surface area contributed by atoms with Gasteiger partial charge in [-0.3, -0.25) is 4.79 Å². The number of hydrogen-bond acceptors (Lipinski definition) is 5. The largest absolute Gasteiger partial charge is 0.481 e. The molecule has 1 heterocycles. The molecule has 1 aliphatic rings. The molecule has 24 heavy (non-hydrogen) atoms. The fourth-order valence-electron chi connectivity index (χ4n) is 2.99. The molecule has 1 aliphatic heterocycles. The molecule has 1 saturated heterocycles. The van der Waals surface area contributed by atoms with Crippen LogP contribution >= 0.6 is 0 Å². The molecule has 6 heteroatoms. The molecule has 1 amide bonds. The Kier molecular flexibility index (Phi) is 6.19. The van der Waals surface area contributed by atoms with Crippen LogP contribution in [0.5, 0.6) is 5.75 Å². The number of carbonyl (C=O) groups excluding carboxylic acids is 2. The lowest BCUT2D eigenvalue weighted by Gasteiger charge is -2.38. The summed E-state index contributed by atoms with van der Waals surface area (Å²) in [5.74, 6) is -0.490. The first-order valence-electron chi connectivity index (χ1n) is 8.11. The third-order valence-corrected chi connectivity index (χ3v) is 4.19. The van der Waals surface area contributed by atoms with E-state index in [-0.39, 0.29) is 31.2 Å². The van der Waals surface area contributed by atoms with E-state index >= 15 is 0 Å². The Morgan fingerprint density at radius 2 is 1.88 bits per heavy atom. The van der Waals surface area contributed by atoms with Gasteiger partial charge in [-0.15, -0.1) is 0 Å². The van der Waals surface area contributed by atoms with Crippen molar-refractivity contribution in [2.75, 3.05) is 13.2 Å². The van der Waals surface area contributed by atoms with Gasteiger partial charge in [0.1, 0.15) is 11.8 Å². The van der Waals surface area contributed by atoms with E-state index in [1.807, 2.05) is 19.9 Å². The number of rotatable bonds is 5. The second-order valence-electron chi connectivity index (χ2n) is 5.99. The van der Waals surface area contributed by atoms with Crippen LogP contribution in [-0.2, 0) is 14.3 Å². The maximum absolute atomic E-state index is 12.3. The van der Waals surface area contributed by atoms with Gasteiger partial charge in [0.15, 0.2) is 13.2 Å². The number of ether oxygens (including phenoxy) is 2. The van der Waals surface area contributed by atoms with Crippen molar-refractivity contribution in [2.24, 2.45) is 0 Å². The number of piperidine rings is 1. The summed E-state index contributed by atoms with van der Waals surface area (Å²) in [6.07, 6.45) is 3.05. The number of nitriles is 1. The molecule has 128 valence electrons. The number of hydrogen-bond donors (Lipinski definition) is 0. The van der Waals surface area contributed by atoms with Gasteiger partial charge in [0, 0.05) is 12.1 Å². The zero-order valence-electron chi connectivity index (χ0n) is 14.0. The Balaban J connectivity index is 1.80. The maximum Gasteiger partial charge on any atom is 0.344 e. The minimum atomic E-state index is -0.631. The van der Waals surface area contributed by atoms with Gasteiger partial charge in [-0.2, -0.15) is 5.26 Å².